The number of para-hydroxylation sites is 1. The molecule has 1 aromatic rings. The Labute approximate surface area is 117 Å². The second-order valence-electron chi connectivity index (χ2n) is 4.82. The number of carbonyl (C=O) groups is 1. The summed E-state index contributed by atoms with van der Waals surface area (Å²) in [7, 11) is -4.14. The number of esters is 1. The first kappa shape index (κ1) is 15.0. The molecule has 0 aliphatic carbocycles. The van der Waals surface area contributed by atoms with Gasteiger partial charge in [0.25, 0.3) is 0 Å². The molecule has 0 amide bonds. The molecule has 1 heterocycles. The monoisotopic (exact) mass is 299 g/mol. The third-order valence-electron chi connectivity index (χ3n) is 3.28. The maximum absolute atomic E-state index is 11.8. The van der Waals surface area contributed by atoms with Crippen molar-refractivity contribution >= 4 is 19.3 Å². The summed E-state index contributed by atoms with van der Waals surface area (Å²) >= 11 is 0. The van der Waals surface area contributed by atoms with E-state index in [0.717, 1.165) is 11.3 Å². The lowest BCUT2D eigenvalue weighted by molar-refractivity contribution is -0.144. The van der Waals surface area contributed by atoms with Crippen LogP contribution in [0.5, 0.6) is 0 Å². The van der Waals surface area contributed by atoms with Crippen molar-refractivity contribution in [3.05, 3.63) is 29.8 Å². The van der Waals surface area contributed by atoms with E-state index in [4.69, 9.17) is 4.74 Å². The van der Waals surface area contributed by atoms with E-state index in [1.807, 2.05) is 18.2 Å². The first-order valence-electron chi connectivity index (χ1n) is 6.47. The second-order valence-corrected chi connectivity index (χ2v) is 6.51. The third-order valence-corrected chi connectivity index (χ3v) is 4.20. The van der Waals surface area contributed by atoms with Crippen LogP contribution in [0.1, 0.15) is 24.8 Å². The van der Waals surface area contributed by atoms with Gasteiger partial charge in [0, 0.05) is 5.69 Å². The molecule has 2 rings (SSSR count). The van der Waals surface area contributed by atoms with E-state index < -0.39 is 19.6 Å². The van der Waals surface area contributed by atoms with Crippen LogP contribution in [-0.4, -0.2) is 34.6 Å². The molecule has 0 fully saturated rings. The van der Waals surface area contributed by atoms with Crippen molar-refractivity contribution in [3.63, 3.8) is 0 Å². The van der Waals surface area contributed by atoms with E-state index in [-0.39, 0.29) is 18.7 Å². The van der Waals surface area contributed by atoms with Crippen LogP contribution >= 0.6 is 7.60 Å². The van der Waals surface area contributed by atoms with E-state index in [2.05, 4.69) is 5.32 Å². The number of carbonyl (C=O) groups excluding carboxylic acids is 1. The molecule has 2 atom stereocenters. The molecule has 110 valence electrons. The first-order valence-corrected chi connectivity index (χ1v) is 8.27. The van der Waals surface area contributed by atoms with Crippen molar-refractivity contribution in [2.45, 2.75) is 25.3 Å². The molecule has 0 aromatic heterocycles. The Kier molecular flexibility index (Phi) is 4.48. The van der Waals surface area contributed by atoms with Gasteiger partial charge in [-0.3, -0.25) is 4.57 Å². The Bertz CT molecular complexity index is 541. The normalized spacial score (nSPS) is 21.8. The summed E-state index contributed by atoms with van der Waals surface area (Å²) in [5.74, 6) is -0.750. The maximum Gasteiger partial charge on any atom is 0.328 e. The number of fused-ring (bicyclic) bond motifs is 1. The topological polar surface area (TPSA) is 95.9 Å². The molecule has 0 saturated heterocycles. The SMILES string of the molecule is CCOC(=O)[C@H]1C[C@@H](CP(=O)(O)O)c2ccccc2N1. The highest BCUT2D eigenvalue weighted by molar-refractivity contribution is 7.51. The number of rotatable bonds is 4. The average molecular weight is 299 g/mol. The molecular formula is C13H18NO5P. The van der Waals surface area contributed by atoms with Gasteiger partial charge in [0.15, 0.2) is 0 Å². The van der Waals surface area contributed by atoms with Crippen molar-refractivity contribution in [1.29, 1.82) is 0 Å². The van der Waals surface area contributed by atoms with Crippen LogP contribution in [0.4, 0.5) is 5.69 Å². The molecule has 0 unspecified atom stereocenters. The van der Waals surface area contributed by atoms with Gasteiger partial charge in [0.2, 0.25) is 0 Å². The molecule has 0 bridgehead atoms. The fraction of sp³-hybridized carbons (Fsp3) is 0.462. The zero-order chi connectivity index (χ0) is 14.8. The lowest BCUT2D eigenvalue weighted by atomic mass is 9.88. The maximum atomic E-state index is 11.8. The number of benzene rings is 1. The summed E-state index contributed by atoms with van der Waals surface area (Å²) in [4.78, 5) is 30.2. The zero-order valence-electron chi connectivity index (χ0n) is 11.2. The standard InChI is InChI=1S/C13H18NO5P/c1-2-19-13(15)12-7-9(8-20(16,17)18)10-5-3-4-6-11(10)14-12/h3-6,9,12,14H,2,7-8H2,1H3,(H2,16,17,18)/t9-,12+/m0/s1. The highest BCUT2D eigenvalue weighted by Gasteiger charge is 2.34. The summed E-state index contributed by atoms with van der Waals surface area (Å²) in [6.45, 7) is 2.00. The fourth-order valence-corrected chi connectivity index (χ4v) is 3.42. The quantitative estimate of drug-likeness (QED) is 0.578. The van der Waals surface area contributed by atoms with E-state index in [0.29, 0.717) is 6.42 Å². The predicted octanol–water partition coefficient (Wildman–Crippen LogP) is 1.70. The fourth-order valence-electron chi connectivity index (χ4n) is 2.50. The van der Waals surface area contributed by atoms with Crippen molar-refractivity contribution in [2.75, 3.05) is 18.1 Å². The van der Waals surface area contributed by atoms with E-state index in [1.54, 1.807) is 13.0 Å². The van der Waals surface area contributed by atoms with Crippen LogP contribution < -0.4 is 5.32 Å². The highest BCUT2D eigenvalue weighted by Crippen LogP contribution is 2.45. The molecule has 0 spiro atoms. The number of ether oxygens (including phenoxy) is 1. The van der Waals surface area contributed by atoms with Gasteiger partial charge in [-0.2, -0.15) is 0 Å². The Morgan fingerprint density at radius 3 is 2.80 bits per heavy atom. The Morgan fingerprint density at radius 1 is 1.45 bits per heavy atom. The van der Waals surface area contributed by atoms with Gasteiger partial charge < -0.3 is 19.8 Å². The lowest BCUT2D eigenvalue weighted by Crippen LogP contribution is -2.37. The Hall–Kier alpha value is -1.36. The van der Waals surface area contributed by atoms with Gasteiger partial charge >= 0.3 is 13.6 Å². The minimum atomic E-state index is -4.14. The number of anilines is 1. The van der Waals surface area contributed by atoms with E-state index in [1.165, 1.54) is 0 Å². The van der Waals surface area contributed by atoms with Crippen LogP contribution in [-0.2, 0) is 14.1 Å². The predicted molar refractivity (Wildman–Crippen MR) is 74.8 cm³/mol. The zero-order valence-corrected chi connectivity index (χ0v) is 12.0. The minimum absolute atomic E-state index is 0.262. The second kappa shape index (κ2) is 5.95. The van der Waals surface area contributed by atoms with Crippen molar-refractivity contribution in [2.24, 2.45) is 0 Å². The molecule has 3 N–H and O–H groups in total. The summed E-state index contributed by atoms with van der Waals surface area (Å²) in [6, 6.07) is 6.69. The van der Waals surface area contributed by atoms with Crippen molar-refractivity contribution in [1.82, 2.24) is 0 Å². The van der Waals surface area contributed by atoms with Gasteiger partial charge in [0.1, 0.15) is 6.04 Å². The Balaban J connectivity index is 2.26. The van der Waals surface area contributed by atoms with Crippen LogP contribution in [0.2, 0.25) is 0 Å². The van der Waals surface area contributed by atoms with Gasteiger partial charge in [-0.15, -0.1) is 0 Å². The first-order chi connectivity index (χ1) is 9.40. The van der Waals surface area contributed by atoms with E-state index >= 15 is 0 Å². The molecule has 7 heteroatoms. The van der Waals surface area contributed by atoms with Gasteiger partial charge in [-0.05, 0) is 30.9 Å². The number of hydrogen-bond donors (Lipinski definition) is 3. The largest absolute Gasteiger partial charge is 0.464 e. The van der Waals surface area contributed by atoms with Crippen molar-refractivity contribution < 1.29 is 23.9 Å². The molecule has 1 aromatic carbocycles. The molecule has 1 aliphatic heterocycles. The average Bonchev–Trinajstić information content (AvgIpc) is 2.37. The van der Waals surface area contributed by atoms with Crippen LogP contribution in [0.25, 0.3) is 0 Å². The third kappa shape index (κ3) is 3.60. The lowest BCUT2D eigenvalue weighted by Gasteiger charge is -2.32. The molecule has 20 heavy (non-hydrogen) atoms. The molecule has 0 radical (unpaired) electrons. The summed E-state index contributed by atoms with van der Waals surface area (Å²) in [5.41, 5.74) is 1.56. The summed E-state index contributed by atoms with van der Waals surface area (Å²) in [6.07, 6.45) is 0.0581. The van der Waals surface area contributed by atoms with Crippen molar-refractivity contribution in [3.8, 4) is 0 Å². The summed E-state index contributed by atoms with van der Waals surface area (Å²) in [5, 5.41) is 3.07. The number of nitrogens with one attached hydrogen (secondary N) is 1. The summed E-state index contributed by atoms with van der Waals surface area (Å²) < 4.78 is 16.2. The highest BCUT2D eigenvalue weighted by atomic mass is 31.2. The molecule has 6 nitrogen and oxygen atoms in total. The smallest absolute Gasteiger partial charge is 0.328 e. The van der Waals surface area contributed by atoms with Gasteiger partial charge in [0.05, 0.1) is 12.8 Å². The molecular weight excluding hydrogens is 281 g/mol. The molecule has 0 saturated carbocycles. The Morgan fingerprint density at radius 2 is 2.15 bits per heavy atom. The minimum Gasteiger partial charge on any atom is -0.464 e. The van der Waals surface area contributed by atoms with Gasteiger partial charge in [-0.1, -0.05) is 18.2 Å². The number of hydrogen-bond acceptors (Lipinski definition) is 4. The van der Waals surface area contributed by atoms with Crippen LogP contribution in [0.15, 0.2) is 24.3 Å². The van der Waals surface area contributed by atoms with Crippen LogP contribution in [0.3, 0.4) is 0 Å². The van der Waals surface area contributed by atoms with E-state index in [9.17, 15) is 19.1 Å². The van der Waals surface area contributed by atoms with Crippen LogP contribution in [0, 0.1) is 0 Å². The molecule has 1 aliphatic rings. The van der Waals surface area contributed by atoms with Gasteiger partial charge in [-0.25, -0.2) is 4.79 Å².